The molecule has 16 heteroatoms. The molecular formula is C31H30F3N3O9S. The summed E-state index contributed by atoms with van der Waals surface area (Å²) in [5.41, 5.74) is -1.49. The zero-order chi connectivity index (χ0) is 34.1. The number of amides is 2. The first kappa shape index (κ1) is 32.4. The van der Waals surface area contributed by atoms with E-state index in [1.165, 1.54) is 43.1 Å². The number of nitrogens with zero attached hydrogens (tertiary/aromatic N) is 3. The van der Waals surface area contributed by atoms with Crippen molar-refractivity contribution in [2.45, 2.75) is 42.3 Å². The molecule has 3 aromatic rings. The third kappa shape index (κ3) is 5.10. The van der Waals surface area contributed by atoms with Gasteiger partial charge in [0.15, 0.2) is 22.8 Å². The van der Waals surface area contributed by atoms with Gasteiger partial charge in [-0.1, -0.05) is 29.8 Å². The van der Waals surface area contributed by atoms with Crippen molar-refractivity contribution < 1.29 is 55.2 Å². The van der Waals surface area contributed by atoms with Crippen LogP contribution in [0, 0.1) is 6.92 Å². The lowest BCUT2D eigenvalue weighted by Gasteiger charge is -2.41. The normalized spacial score (nSPS) is 22.4. The Morgan fingerprint density at radius 3 is 2.51 bits per heavy atom. The van der Waals surface area contributed by atoms with Crippen LogP contribution in [0.5, 0.6) is 23.0 Å². The number of fused-ring (bicyclic) bond motifs is 2. The van der Waals surface area contributed by atoms with Crippen LogP contribution in [0.1, 0.15) is 23.1 Å². The first-order valence-electron chi connectivity index (χ1n) is 14.3. The molecule has 3 aromatic carbocycles. The maximum absolute atomic E-state index is 15.3. The van der Waals surface area contributed by atoms with Crippen molar-refractivity contribution in [3.8, 4) is 23.0 Å². The first-order valence-corrected chi connectivity index (χ1v) is 15.7. The number of β-amino-alcohol motifs (C(OH)–C–C–N with tert-alkyl or cyclic N) is 1. The summed E-state index contributed by atoms with van der Waals surface area (Å²) in [6, 6.07) is 10.8. The van der Waals surface area contributed by atoms with E-state index in [1.54, 1.807) is 31.2 Å². The molecule has 47 heavy (non-hydrogen) atoms. The minimum absolute atomic E-state index is 0.0889. The molecule has 0 aromatic heterocycles. The van der Waals surface area contributed by atoms with Gasteiger partial charge in [0.05, 0.1) is 24.9 Å². The van der Waals surface area contributed by atoms with Crippen molar-refractivity contribution in [2.75, 3.05) is 38.8 Å². The van der Waals surface area contributed by atoms with Crippen molar-refractivity contribution >= 4 is 27.5 Å². The first-order chi connectivity index (χ1) is 22.1. The number of alkyl halides is 3. The fourth-order valence-corrected chi connectivity index (χ4v) is 8.04. The molecule has 1 unspecified atom stereocenters. The average molecular weight is 678 g/mol. The standard InChI is InChI=1S/C31H30F3N3O9S/c1-17-8-10-22-21(12-17)30(20-6-5-7-24-27(20)45-16-44-24,36-15-18(38)13-23(36)28(39)35(2)3)29(40)37(22)47(41,42)26-11-9-19(43-4)14-25(26)46-31(32,33)34/h5-12,14,18,23,38H,13,15-16H2,1-4H3/t18-,23+,30?/m1/s1. The van der Waals surface area contributed by atoms with Gasteiger partial charge in [-0.3, -0.25) is 14.5 Å². The highest BCUT2D eigenvalue weighted by atomic mass is 32.2. The Kier molecular flexibility index (Phi) is 7.80. The molecule has 6 rings (SSSR count). The van der Waals surface area contributed by atoms with Crippen molar-refractivity contribution in [1.82, 2.24) is 9.80 Å². The largest absolute Gasteiger partial charge is 0.573 e. The topological polar surface area (TPSA) is 135 Å². The number of carbonyl (C=O) groups is 2. The predicted octanol–water partition coefficient (Wildman–Crippen LogP) is 3.13. The van der Waals surface area contributed by atoms with Crippen LogP contribution < -0.4 is 23.3 Å². The monoisotopic (exact) mass is 677 g/mol. The summed E-state index contributed by atoms with van der Waals surface area (Å²) in [6.07, 6.45) is -6.48. The van der Waals surface area contributed by atoms with Crippen LogP contribution >= 0.6 is 0 Å². The molecule has 1 saturated heterocycles. The van der Waals surface area contributed by atoms with Crippen LogP contribution in [-0.2, 0) is 25.2 Å². The molecule has 3 atom stereocenters. The van der Waals surface area contributed by atoms with Gasteiger partial charge in [-0.05, 0) is 37.6 Å². The lowest BCUT2D eigenvalue weighted by atomic mass is 9.80. The summed E-state index contributed by atoms with van der Waals surface area (Å²) < 4.78 is 90.7. The quantitative estimate of drug-likeness (QED) is 0.398. The van der Waals surface area contributed by atoms with Gasteiger partial charge in [-0.25, -0.2) is 12.7 Å². The second-order valence-electron chi connectivity index (χ2n) is 11.5. The summed E-state index contributed by atoms with van der Waals surface area (Å²) in [5, 5.41) is 11.0. The number of aryl methyl sites for hydroxylation is 1. The number of hydrogen-bond donors (Lipinski definition) is 1. The molecular weight excluding hydrogens is 647 g/mol. The number of ether oxygens (including phenoxy) is 4. The maximum atomic E-state index is 15.3. The molecule has 2 amide bonds. The number of benzene rings is 3. The number of rotatable bonds is 7. The average Bonchev–Trinajstić information content (AvgIpc) is 3.70. The molecule has 0 aliphatic carbocycles. The lowest BCUT2D eigenvalue weighted by molar-refractivity contribution is -0.275. The zero-order valence-electron chi connectivity index (χ0n) is 25.6. The Balaban J connectivity index is 1.66. The van der Waals surface area contributed by atoms with Gasteiger partial charge in [-0.15, -0.1) is 13.2 Å². The third-order valence-corrected chi connectivity index (χ3v) is 10.1. The van der Waals surface area contributed by atoms with Crippen LogP contribution in [0.15, 0.2) is 59.5 Å². The predicted molar refractivity (Wildman–Crippen MR) is 159 cm³/mol. The Bertz CT molecular complexity index is 1890. The van der Waals surface area contributed by atoms with Gasteiger partial charge in [0.2, 0.25) is 12.7 Å². The van der Waals surface area contributed by atoms with E-state index in [-0.39, 0.29) is 53.8 Å². The number of aliphatic hydroxyl groups is 1. The van der Waals surface area contributed by atoms with Crippen molar-refractivity contribution in [3.05, 3.63) is 71.3 Å². The Labute approximate surface area is 267 Å². The Hall–Kier alpha value is -4.54. The van der Waals surface area contributed by atoms with Crippen LogP contribution in [-0.4, -0.2) is 88.2 Å². The molecule has 0 radical (unpaired) electrons. The molecule has 250 valence electrons. The van der Waals surface area contributed by atoms with Crippen molar-refractivity contribution in [1.29, 1.82) is 0 Å². The number of para-hydroxylation sites is 1. The van der Waals surface area contributed by atoms with E-state index in [0.29, 0.717) is 9.87 Å². The van der Waals surface area contributed by atoms with Gasteiger partial charge in [-0.2, -0.15) is 0 Å². The van der Waals surface area contributed by atoms with E-state index in [4.69, 9.17) is 14.2 Å². The van der Waals surface area contributed by atoms with Crippen molar-refractivity contribution in [3.63, 3.8) is 0 Å². The van der Waals surface area contributed by atoms with Crippen LogP contribution in [0.3, 0.4) is 0 Å². The minimum atomic E-state index is -5.29. The van der Waals surface area contributed by atoms with Crippen LogP contribution in [0.25, 0.3) is 0 Å². The molecule has 3 aliphatic heterocycles. The van der Waals surface area contributed by atoms with Gasteiger partial charge >= 0.3 is 6.36 Å². The van der Waals surface area contributed by atoms with Gasteiger partial charge in [0.1, 0.15) is 10.6 Å². The SMILES string of the molecule is COc1ccc(S(=O)(=O)N2C(=O)C(c3cccc4c3OCO4)(N3C[C@H](O)C[C@H]3C(=O)N(C)C)c3cc(C)ccc32)c(OC(F)(F)F)c1. The van der Waals surface area contributed by atoms with E-state index in [2.05, 4.69) is 4.74 Å². The van der Waals surface area contributed by atoms with Gasteiger partial charge in [0, 0.05) is 37.8 Å². The summed E-state index contributed by atoms with van der Waals surface area (Å²) in [4.78, 5) is 30.7. The second kappa shape index (κ2) is 11.3. The third-order valence-electron chi connectivity index (χ3n) is 8.37. The minimum Gasteiger partial charge on any atom is -0.497 e. The smallest absolute Gasteiger partial charge is 0.497 e. The fraction of sp³-hybridized carbons (Fsp3) is 0.355. The highest BCUT2D eigenvalue weighted by molar-refractivity contribution is 7.93. The highest BCUT2D eigenvalue weighted by Gasteiger charge is 2.64. The zero-order valence-corrected chi connectivity index (χ0v) is 26.4. The summed E-state index contributed by atoms with van der Waals surface area (Å²) in [6.45, 7) is 1.25. The number of hydrogen-bond acceptors (Lipinski definition) is 10. The Morgan fingerprint density at radius 1 is 1.09 bits per heavy atom. The summed E-state index contributed by atoms with van der Waals surface area (Å²) in [7, 11) is -0.995. The molecule has 3 aliphatic rings. The molecule has 0 bridgehead atoms. The molecule has 12 nitrogen and oxygen atoms in total. The number of aliphatic hydroxyl groups excluding tert-OH is 1. The molecule has 0 spiro atoms. The number of anilines is 1. The number of likely N-dealkylation sites (N-methyl/N-ethyl adjacent to an activating group) is 1. The number of likely N-dealkylation sites (tertiary alicyclic amines) is 1. The molecule has 1 fully saturated rings. The molecule has 1 N–H and O–H groups in total. The highest BCUT2D eigenvalue weighted by Crippen LogP contribution is 2.56. The number of halogens is 3. The van der Waals surface area contributed by atoms with Crippen LogP contribution in [0.2, 0.25) is 0 Å². The lowest BCUT2D eigenvalue weighted by Crippen LogP contribution is -2.59. The summed E-state index contributed by atoms with van der Waals surface area (Å²) in [5.74, 6) is -2.50. The van der Waals surface area contributed by atoms with Gasteiger partial charge < -0.3 is 29.0 Å². The fourth-order valence-electron chi connectivity index (χ4n) is 6.48. The number of sulfonamides is 1. The van der Waals surface area contributed by atoms with E-state index < -0.39 is 56.5 Å². The van der Waals surface area contributed by atoms with E-state index >= 15 is 4.79 Å². The molecule has 0 saturated carbocycles. The second-order valence-corrected chi connectivity index (χ2v) is 13.3. The number of methoxy groups -OCH3 is 1. The van der Waals surface area contributed by atoms with E-state index in [0.717, 1.165) is 18.2 Å². The van der Waals surface area contributed by atoms with Crippen molar-refractivity contribution in [2.24, 2.45) is 0 Å². The molecule has 3 heterocycles. The van der Waals surface area contributed by atoms with Gasteiger partial charge in [0.25, 0.3) is 15.9 Å². The Morgan fingerprint density at radius 2 is 1.83 bits per heavy atom. The van der Waals surface area contributed by atoms with E-state index in [9.17, 15) is 31.5 Å². The summed E-state index contributed by atoms with van der Waals surface area (Å²) >= 11 is 0. The van der Waals surface area contributed by atoms with E-state index in [1.807, 2.05) is 0 Å². The maximum Gasteiger partial charge on any atom is 0.573 e. The number of carbonyl (C=O) groups excluding carboxylic acids is 2. The van der Waals surface area contributed by atoms with Crippen LogP contribution in [0.4, 0.5) is 18.9 Å².